The van der Waals surface area contributed by atoms with Crippen LogP contribution in [-0.4, -0.2) is 27.5 Å². The Kier molecular flexibility index (Phi) is 5.81. The fourth-order valence-electron chi connectivity index (χ4n) is 3.30. The van der Waals surface area contributed by atoms with Crippen LogP contribution in [-0.2, 0) is 19.6 Å². The van der Waals surface area contributed by atoms with E-state index in [9.17, 15) is 0 Å². The zero-order chi connectivity index (χ0) is 19.9. The standard InChI is InChI=1S/C23H24N6/c1-24-23(27-15-19-11-12-25-21-10-6-5-9-20(19)21)28-16-22-26-13-14-29(22)17-18-7-3-2-4-8-18/h2-14H,15-17H2,1H3,(H2,24,27,28). The Morgan fingerprint density at radius 2 is 1.69 bits per heavy atom. The molecule has 0 aliphatic heterocycles. The van der Waals surface area contributed by atoms with Crippen LogP contribution in [0.4, 0.5) is 0 Å². The first-order valence-corrected chi connectivity index (χ1v) is 9.64. The van der Waals surface area contributed by atoms with E-state index in [2.05, 4.69) is 60.5 Å². The fourth-order valence-corrected chi connectivity index (χ4v) is 3.30. The normalized spacial score (nSPS) is 11.6. The number of aliphatic imine (C=N–C) groups is 1. The maximum atomic E-state index is 4.49. The first kappa shape index (κ1) is 18.7. The first-order valence-electron chi connectivity index (χ1n) is 9.64. The molecule has 0 saturated carbocycles. The SMILES string of the molecule is CN=C(NCc1ccnc2ccccc12)NCc1nccn1Cc1ccccc1. The number of hydrogen-bond acceptors (Lipinski definition) is 3. The molecular formula is C23H24N6. The molecule has 0 fully saturated rings. The number of imidazole rings is 1. The molecule has 0 amide bonds. The summed E-state index contributed by atoms with van der Waals surface area (Å²) in [6, 6.07) is 20.6. The molecule has 0 bridgehead atoms. The van der Waals surface area contributed by atoms with E-state index in [0.29, 0.717) is 13.1 Å². The Morgan fingerprint density at radius 3 is 2.55 bits per heavy atom. The lowest BCUT2D eigenvalue weighted by molar-refractivity contribution is 0.688. The van der Waals surface area contributed by atoms with Crippen molar-refractivity contribution in [1.29, 1.82) is 0 Å². The van der Waals surface area contributed by atoms with E-state index in [4.69, 9.17) is 0 Å². The predicted molar refractivity (Wildman–Crippen MR) is 117 cm³/mol. The van der Waals surface area contributed by atoms with Crippen LogP contribution in [0, 0.1) is 0 Å². The zero-order valence-electron chi connectivity index (χ0n) is 16.4. The van der Waals surface area contributed by atoms with E-state index < -0.39 is 0 Å². The summed E-state index contributed by atoms with van der Waals surface area (Å²) in [5.41, 5.74) is 3.43. The molecule has 2 N–H and O–H groups in total. The summed E-state index contributed by atoms with van der Waals surface area (Å²) in [5.74, 6) is 1.70. The van der Waals surface area contributed by atoms with Crippen molar-refractivity contribution < 1.29 is 0 Å². The number of rotatable bonds is 6. The van der Waals surface area contributed by atoms with Crippen molar-refractivity contribution in [2.75, 3.05) is 7.05 Å². The summed E-state index contributed by atoms with van der Waals surface area (Å²) in [5, 5.41) is 7.89. The third-order valence-corrected chi connectivity index (χ3v) is 4.82. The molecular weight excluding hydrogens is 360 g/mol. The largest absolute Gasteiger partial charge is 0.352 e. The molecule has 0 radical (unpaired) electrons. The topological polar surface area (TPSA) is 67.1 Å². The predicted octanol–water partition coefficient (Wildman–Crippen LogP) is 3.34. The van der Waals surface area contributed by atoms with E-state index in [1.807, 2.05) is 48.9 Å². The fraction of sp³-hybridized carbons (Fsp3) is 0.174. The third-order valence-electron chi connectivity index (χ3n) is 4.82. The van der Waals surface area contributed by atoms with Crippen molar-refractivity contribution in [1.82, 2.24) is 25.2 Å². The average Bonchev–Trinajstić information content (AvgIpc) is 3.21. The number of pyridine rings is 1. The molecule has 4 rings (SSSR count). The zero-order valence-corrected chi connectivity index (χ0v) is 16.4. The van der Waals surface area contributed by atoms with E-state index >= 15 is 0 Å². The maximum Gasteiger partial charge on any atom is 0.191 e. The van der Waals surface area contributed by atoms with Gasteiger partial charge in [-0.25, -0.2) is 4.98 Å². The van der Waals surface area contributed by atoms with Gasteiger partial charge in [0.1, 0.15) is 5.82 Å². The summed E-state index contributed by atoms with van der Waals surface area (Å²) < 4.78 is 2.14. The minimum absolute atomic E-state index is 0.594. The lowest BCUT2D eigenvalue weighted by atomic mass is 10.1. The van der Waals surface area contributed by atoms with Crippen molar-refractivity contribution in [3.63, 3.8) is 0 Å². The number of para-hydroxylation sites is 1. The minimum Gasteiger partial charge on any atom is -0.352 e. The molecule has 146 valence electrons. The highest BCUT2D eigenvalue weighted by atomic mass is 15.2. The molecule has 0 atom stereocenters. The lowest BCUT2D eigenvalue weighted by Crippen LogP contribution is -2.37. The summed E-state index contributed by atoms with van der Waals surface area (Å²) in [4.78, 5) is 13.2. The molecule has 0 spiro atoms. The van der Waals surface area contributed by atoms with Gasteiger partial charge in [0.15, 0.2) is 5.96 Å². The average molecular weight is 384 g/mol. The highest BCUT2D eigenvalue weighted by Crippen LogP contribution is 2.15. The smallest absolute Gasteiger partial charge is 0.191 e. The molecule has 29 heavy (non-hydrogen) atoms. The van der Waals surface area contributed by atoms with Gasteiger partial charge in [0.25, 0.3) is 0 Å². The molecule has 6 nitrogen and oxygen atoms in total. The van der Waals surface area contributed by atoms with Gasteiger partial charge in [-0.1, -0.05) is 48.5 Å². The second-order valence-electron chi connectivity index (χ2n) is 6.72. The summed E-state index contributed by atoms with van der Waals surface area (Å²) in [6.07, 6.45) is 5.68. The molecule has 2 heterocycles. The number of hydrogen-bond donors (Lipinski definition) is 2. The van der Waals surface area contributed by atoms with Crippen LogP contribution in [0.5, 0.6) is 0 Å². The maximum absolute atomic E-state index is 4.49. The number of guanidine groups is 1. The first-order chi connectivity index (χ1) is 14.3. The van der Waals surface area contributed by atoms with E-state index in [1.54, 1.807) is 7.05 Å². The Hall–Kier alpha value is -3.67. The molecule has 6 heteroatoms. The van der Waals surface area contributed by atoms with Crippen LogP contribution in [0.2, 0.25) is 0 Å². The molecule has 4 aromatic rings. The molecule has 0 saturated heterocycles. The van der Waals surface area contributed by atoms with Gasteiger partial charge in [0, 0.05) is 44.1 Å². The third kappa shape index (κ3) is 4.60. The molecule has 0 aliphatic carbocycles. The van der Waals surface area contributed by atoms with Crippen LogP contribution in [0.15, 0.2) is 84.2 Å². The minimum atomic E-state index is 0.594. The second-order valence-corrected chi connectivity index (χ2v) is 6.72. The van der Waals surface area contributed by atoms with Gasteiger partial charge in [0.2, 0.25) is 0 Å². The van der Waals surface area contributed by atoms with Gasteiger partial charge in [0.05, 0.1) is 12.1 Å². The summed E-state index contributed by atoms with van der Waals surface area (Å²) in [6.45, 7) is 2.06. The van der Waals surface area contributed by atoms with Gasteiger partial charge in [-0.3, -0.25) is 9.98 Å². The Morgan fingerprint density at radius 1 is 0.897 bits per heavy atom. The highest BCUT2D eigenvalue weighted by Gasteiger charge is 2.06. The molecule has 2 aromatic carbocycles. The van der Waals surface area contributed by atoms with Crippen molar-refractivity contribution in [2.24, 2.45) is 4.99 Å². The monoisotopic (exact) mass is 384 g/mol. The van der Waals surface area contributed by atoms with Crippen LogP contribution in [0.3, 0.4) is 0 Å². The van der Waals surface area contributed by atoms with Gasteiger partial charge >= 0.3 is 0 Å². The number of fused-ring (bicyclic) bond motifs is 1. The number of benzene rings is 2. The van der Waals surface area contributed by atoms with Gasteiger partial charge in [-0.05, 0) is 23.3 Å². The van der Waals surface area contributed by atoms with Crippen LogP contribution < -0.4 is 10.6 Å². The molecule has 0 aliphatic rings. The number of nitrogens with one attached hydrogen (secondary N) is 2. The second kappa shape index (κ2) is 9.01. The van der Waals surface area contributed by atoms with Gasteiger partial charge in [-0.2, -0.15) is 0 Å². The van der Waals surface area contributed by atoms with Crippen LogP contribution in [0.1, 0.15) is 17.0 Å². The molecule has 2 aromatic heterocycles. The van der Waals surface area contributed by atoms with Crippen molar-refractivity contribution in [3.8, 4) is 0 Å². The Labute approximate surface area is 170 Å². The molecule has 0 unspecified atom stereocenters. The van der Waals surface area contributed by atoms with Crippen molar-refractivity contribution >= 4 is 16.9 Å². The number of nitrogens with zero attached hydrogens (tertiary/aromatic N) is 4. The quantitative estimate of drug-likeness (QED) is 0.395. The van der Waals surface area contributed by atoms with Gasteiger partial charge < -0.3 is 15.2 Å². The van der Waals surface area contributed by atoms with Crippen LogP contribution in [0.25, 0.3) is 10.9 Å². The van der Waals surface area contributed by atoms with E-state index in [1.165, 1.54) is 11.1 Å². The van der Waals surface area contributed by atoms with E-state index in [0.717, 1.165) is 29.2 Å². The van der Waals surface area contributed by atoms with Crippen molar-refractivity contribution in [2.45, 2.75) is 19.6 Å². The Bertz CT molecular complexity index is 1100. The number of aromatic nitrogens is 3. The van der Waals surface area contributed by atoms with Crippen LogP contribution >= 0.6 is 0 Å². The Balaban J connectivity index is 1.38. The van der Waals surface area contributed by atoms with Gasteiger partial charge in [-0.15, -0.1) is 0 Å². The summed E-state index contributed by atoms with van der Waals surface area (Å²) >= 11 is 0. The summed E-state index contributed by atoms with van der Waals surface area (Å²) in [7, 11) is 1.77. The van der Waals surface area contributed by atoms with E-state index in [-0.39, 0.29) is 0 Å². The van der Waals surface area contributed by atoms with Crippen molar-refractivity contribution in [3.05, 3.63) is 96.2 Å². The highest BCUT2D eigenvalue weighted by molar-refractivity contribution is 5.83. The lowest BCUT2D eigenvalue weighted by Gasteiger charge is -2.14.